The monoisotopic (exact) mass is 427 g/mol. The average molecular weight is 428 g/mol. The number of hydrogen-bond donors (Lipinski definition) is 1. The molecule has 1 aliphatic heterocycles. The summed E-state index contributed by atoms with van der Waals surface area (Å²) in [5.41, 5.74) is 4.14. The van der Waals surface area contributed by atoms with E-state index in [0.717, 1.165) is 31.1 Å². The smallest absolute Gasteiger partial charge is 0.262 e. The maximum absolute atomic E-state index is 12.6. The molecule has 0 unspecified atom stereocenters. The van der Waals surface area contributed by atoms with E-state index in [1.54, 1.807) is 10.9 Å². The van der Waals surface area contributed by atoms with Crippen LogP contribution in [0.3, 0.4) is 0 Å². The van der Waals surface area contributed by atoms with Gasteiger partial charge in [0.2, 0.25) is 0 Å². The number of nitrogens with zero attached hydrogens (tertiary/aromatic N) is 4. The molecule has 0 saturated carbocycles. The Kier molecular flexibility index (Phi) is 5.86. The van der Waals surface area contributed by atoms with Crippen molar-refractivity contribution in [2.24, 2.45) is 5.92 Å². The highest BCUT2D eigenvalue weighted by Crippen LogP contribution is 2.23. The normalized spacial score (nSPS) is 15.4. The van der Waals surface area contributed by atoms with Crippen molar-refractivity contribution in [3.8, 4) is 5.69 Å². The molecule has 2 aromatic heterocycles. The van der Waals surface area contributed by atoms with Crippen LogP contribution in [-0.4, -0.2) is 37.7 Å². The number of aryl methyl sites for hydroxylation is 2. The molecule has 164 valence electrons. The van der Waals surface area contributed by atoms with Crippen LogP contribution in [0.25, 0.3) is 16.7 Å². The number of benzene rings is 2. The number of aromatic amines is 1. The molecule has 4 aromatic rings. The summed E-state index contributed by atoms with van der Waals surface area (Å²) in [5.74, 6) is 1.47. The quantitative estimate of drug-likeness (QED) is 0.499. The average Bonchev–Trinajstić information content (AvgIpc) is 3.25. The molecule has 0 bridgehead atoms. The Labute approximate surface area is 187 Å². The predicted molar refractivity (Wildman–Crippen MR) is 127 cm³/mol. The zero-order chi connectivity index (χ0) is 21.9. The number of nitrogens with one attached hydrogen (secondary N) is 1. The maximum Gasteiger partial charge on any atom is 0.262 e. The van der Waals surface area contributed by atoms with E-state index in [4.69, 9.17) is 4.98 Å². The number of fused-ring (bicyclic) bond motifs is 1. The summed E-state index contributed by atoms with van der Waals surface area (Å²) in [7, 11) is 0. The first-order valence-electron chi connectivity index (χ1n) is 11.5. The molecular weight excluding hydrogens is 398 g/mol. The molecular formula is C26H29N5O. The number of rotatable bonds is 6. The number of para-hydroxylation sites is 1. The lowest BCUT2D eigenvalue weighted by atomic mass is 9.90. The van der Waals surface area contributed by atoms with Crippen molar-refractivity contribution >= 4 is 11.0 Å². The molecule has 0 aliphatic carbocycles. The molecule has 1 fully saturated rings. The molecule has 0 atom stereocenters. The molecule has 6 heteroatoms. The Morgan fingerprint density at radius 2 is 1.78 bits per heavy atom. The van der Waals surface area contributed by atoms with Gasteiger partial charge in [0.15, 0.2) is 5.65 Å². The van der Waals surface area contributed by atoms with Crippen LogP contribution in [0.15, 0.2) is 65.6 Å². The van der Waals surface area contributed by atoms with Gasteiger partial charge in [0, 0.05) is 0 Å². The van der Waals surface area contributed by atoms with Gasteiger partial charge in [-0.25, -0.2) is 9.67 Å². The highest BCUT2D eigenvalue weighted by atomic mass is 16.1. The van der Waals surface area contributed by atoms with E-state index in [1.165, 1.54) is 30.4 Å². The molecule has 1 N–H and O–H groups in total. The van der Waals surface area contributed by atoms with Crippen LogP contribution in [0.4, 0.5) is 0 Å². The van der Waals surface area contributed by atoms with Gasteiger partial charge >= 0.3 is 0 Å². The second-order valence-corrected chi connectivity index (χ2v) is 8.89. The topological polar surface area (TPSA) is 66.8 Å². The zero-order valence-corrected chi connectivity index (χ0v) is 18.5. The van der Waals surface area contributed by atoms with E-state index >= 15 is 0 Å². The van der Waals surface area contributed by atoms with Crippen LogP contribution in [-0.2, 0) is 13.0 Å². The summed E-state index contributed by atoms with van der Waals surface area (Å²) in [6, 6.07) is 18.7. The standard InChI is InChI=1S/C26H29N5O/c1-19-7-9-20(10-8-19)11-12-21-13-15-30(16-14-21)18-24-28-25-23(26(32)29-24)17-27-31(25)22-5-3-2-4-6-22/h2-10,17,21H,11-16,18H2,1H3,(H,28,29,32). The van der Waals surface area contributed by atoms with Crippen molar-refractivity contribution in [2.45, 2.75) is 39.2 Å². The summed E-state index contributed by atoms with van der Waals surface area (Å²) in [6.07, 6.45) is 6.38. The Hall–Kier alpha value is -3.25. The van der Waals surface area contributed by atoms with Crippen LogP contribution in [0, 0.1) is 12.8 Å². The van der Waals surface area contributed by atoms with E-state index in [0.29, 0.717) is 23.4 Å². The SMILES string of the molecule is Cc1ccc(CCC2CCN(Cc3nc4c(cnn4-c4ccccc4)c(=O)[nH]3)CC2)cc1. The fraction of sp³-hybridized carbons (Fsp3) is 0.346. The van der Waals surface area contributed by atoms with Crippen LogP contribution < -0.4 is 5.56 Å². The van der Waals surface area contributed by atoms with Crippen LogP contribution >= 0.6 is 0 Å². The number of aromatic nitrogens is 4. The first-order chi connectivity index (χ1) is 15.7. The van der Waals surface area contributed by atoms with Gasteiger partial charge in [-0.1, -0.05) is 48.0 Å². The summed E-state index contributed by atoms with van der Waals surface area (Å²) in [4.78, 5) is 22.7. The van der Waals surface area contributed by atoms with Gasteiger partial charge in [0.05, 0.1) is 18.4 Å². The Balaban J connectivity index is 1.23. The number of piperidine rings is 1. The van der Waals surface area contributed by atoms with Gasteiger partial charge in [0.1, 0.15) is 11.2 Å². The third kappa shape index (κ3) is 4.50. The fourth-order valence-electron chi connectivity index (χ4n) is 4.57. The predicted octanol–water partition coefficient (Wildman–Crippen LogP) is 4.26. The van der Waals surface area contributed by atoms with Crippen molar-refractivity contribution in [1.29, 1.82) is 0 Å². The van der Waals surface area contributed by atoms with Crippen molar-refractivity contribution < 1.29 is 0 Å². The summed E-state index contributed by atoms with van der Waals surface area (Å²) in [6.45, 7) is 4.88. The number of likely N-dealkylation sites (tertiary alicyclic amines) is 1. The largest absolute Gasteiger partial charge is 0.309 e. The molecule has 0 amide bonds. The van der Waals surface area contributed by atoms with Gasteiger partial charge in [-0.15, -0.1) is 0 Å². The molecule has 1 saturated heterocycles. The zero-order valence-electron chi connectivity index (χ0n) is 18.5. The molecule has 0 spiro atoms. The Bertz CT molecular complexity index is 1230. The highest BCUT2D eigenvalue weighted by Gasteiger charge is 2.20. The lowest BCUT2D eigenvalue weighted by Crippen LogP contribution is -2.34. The number of hydrogen-bond acceptors (Lipinski definition) is 4. The Morgan fingerprint density at radius 3 is 2.53 bits per heavy atom. The van der Waals surface area contributed by atoms with E-state index in [1.807, 2.05) is 30.3 Å². The van der Waals surface area contributed by atoms with Gasteiger partial charge in [-0.3, -0.25) is 9.69 Å². The lowest BCUT2D eigenvalue weighted by Gasteiger charge is -2.31. The van der Waals surface area contributed by atoms with E-state index < -0.39 is 0 Å². The third-order valence-electron chi connectivity index (χ3n) is 6.53. The highest BCUT2D eigenvalue weighted by molar-refractivity contribution is 5.75. The van der Waals surface area contributed by atoms with Crippen molar-refractivity contribution in [3.63, 3.8) is 0 Å². The second kappa shape index (κ2) is 9.09. The molecule has 3 heterocycles. The summed E-state index contributed by atoms with van der Waals surface area (Å²) in [5, 5.41) is 4.92. The second-order valence-electron chi connectivity index (χ2n) is 8.89. The molecule has 2 aromatic carbocycles. The first-order valence-corrected chi connectivity index (χ1v) is 11.5. The minimum Gasteiger partial charge on any atom is -0.309 e. The molecule has 32 heavy (non-hydrogen) atoms. The molecule has 5 rings (SSSR count). The molecule has 6 nitrogen and oxygen atoms in total. The summed E-state index contributed by atoms with van der Waals surface area (Å²) >= 11 is 0. The van der Waals surface area contributed by atoms with Gasteiger partial charge in [-0.2, -0.15) is 5.10 Å². The van der Waals surface area contributed by atoms with Gasteiger partial charge < -0.3 is 4.98 Å². The van der Waals surface area contributed by atoms with Gasteiger partial charge in [-0.05, 0) is 69.3 Å². The molecule has 1 aliphatic rings. The maximum atomic E-state index is 12.6. The third-order valence-corrected chi connectivity index (χ3v) is 6.53. The first kappa shape index (κ1) is 20.6. The Morgan fingerprint density at radius 1 is 1.03 bits per heavy atom. The molecule has 0 radical (unpaired) electrons. The van der Waals surface area contributed by atoms with E-state index in [2.05, 4.69) is 46.2 Å². The van der Waals surface area contributed by atoms with Crippen molar-refractivity contribution in [1.82, 2.24) is 24.6 Å². The van der Waals surface area contributed by atoms with E-state index in [-0.39, 0.29) is 5.56 Å². The summed E-state index contributed by atoms with van der Waals surface area (Å²) < 4.78 is 1.74. The number of H-pyrrole nitrogens is 1. The van der Waals surface area contributed by atoms with Crippen molar-refractivity contribution in [3.05, 3.63) is 88.1 Å². The van der Waals surface area contributed by atoms with Crippen LogP contribution in [0.5, 0.6) is 0 Å². The van der Waals surface area contributed by atoms with Crippen LogP contribution in [0.1, 0.15) is 36.2 Å². The van der Waals surface area contributed by atoms with Crippen LogP contribution in [0.2, 0.25) is 0 Å². The minimum absolute atomic E-state index is 0.125. The fourth-order valence-corrected chi connectivity index (χ4v) is 4.57. The minimum atomic E-state index is -0.125. The lowest BCUT2D eigenvalue weighted by molar-refractivity contribution is 0.169. The van der Waals surface area contributed by atoms with E-state index in [9.17, 15) is 4.79 Å². The van der Waals surface area contributed by atoms with Gasteiger partial charge in [0.25, 0.3) is 5.56 Å². The van der Waals surface area contributed by atoms with Crippen molar-refractivity contribution in [2.75, 3.05) is 13.1 Å².